The van der Waals surface area contributed by atoms with Crippen LogP contribution in [0.25, 0.3) is 0 Å². The average molecular weight is 281 g/mol. The van der Waals surface area contributed by atoms with Crippen molar-refractivity contribution in [2.75, 3.05) is 11.1 Å². The Labute approximate surface area is 115 Å². The number of hydrogen-bond donors (Lipinski definition) is 3. The minimum absolute atomic E-state index is 0.123. The highest BCUT2D eigenvalue weighted by molar-refractivity contribution is 8.00. The molecule has 1 aromatic carbocycles. The van der Waals surface area contributed by atoms with Gasteiger partial charge >= 0.3 is 5.97 Å². The highest BCUT2D eigenvalue weighted by Crippen LogP contribution is 2.30. The number of amides is 1. The van der Waals surface area contributed by atoms with Crippen LogP contribution in [0.5, 0.6) is 5.75 Å². The zero-order valence-corrected chi connectivity index (χ0v) is 11.1. The lowest BCUT2D eigenvalue weighted by molar-refractivity contribution is -0.115. The van der Waals surface area contributed by atoms with Crippen molar-refractivity contribution in [3.63, 3.8) is 0 Å². The first kappa shape index (κ1) is 13.7. The van der Waals surface area contributed by atoms with E-state index < -0.39 is 11.7 Å². The molecule has 1 unspecified atom stereocenters. The number of carboxylic acid groups (broad SMARTS) is 1. The van der Waals surface area contributed by atoms with Crippen molar-refractivity contribution in [2.24, 2.45) is 0 Å². The zero-order valence-electron chi connectivity index (χ0n) is 10.3. The summed E-state index contributed by atoms with van der Waals surface area (Å²) in [7, 11) is 0. The van der Waals surface area contributed by atoms with E-state index in [1.165, 1.54) is 18.2 Å². The molecule has 1 aromatic rings. The van der Waals surface area contributed by atoms with Gasteiger partial charge in [0.25, 0.3) is 0 Å². The molecule has 0 aromatic heterocycles. The van der Waals surface area contributed by atoms with Crippen molar-refractivity contribution in [3.05, 3.63) is 23.8 Å². The van der Waals surface area contributed by atoms with Crippen LogP contribution in [0.3, 0.4) is 0 Å². The number of nitrogens with one attached hydrogen (secondary N) is 1. The topological polar surface area (TPSA) is 86.6 Å². The number of rotatable bonds is 3. The first-order valence-corrected chi connectivity index (χ1v) is 7.12. The van der Waals surface area contributed by atoms with Gasteiger partial charge in [0.15, 0.2) is 5.75 Å². The van der Waals surface area contributed by atoms with Crippen LogP contribution in [-0.4, -0.2) is 33.1 Å². The van der Waals surface area contributed by atoms with Crippen LogP contribution >= 0.6 is 11.8 Å². The number of benzene rings is 1. The van der Waals surface area contributed by atoms with E-state index in [2.05, 4.69) is 5.32 Å². The molecule has 19 heavy (non-hydrogen) atoms. The zero-order chi connectivity index (χ0) is 13.8. The van der Waals surface area contributed by atoms with Crippen molar-refractivity contribution in [3.8, 4) is 5.75 Å². The monoisotopic (exact) mass is 281 g/mol. The van der Waals surface area contributed by atoms with Gasteiger partial charge < -0.3 is 15.5 Å². The molecule has 1 fully saturated rings. The fourth-order valence-electron chi connectivity index (χ4n) is 1.98. The largest absolute Gasteiger partial charge is 0.505 e. The number of aromatic carboxylic acids is 1. The Balaban J connectivity index is 2.12. The summed E-state index contributed by atoms with van der Waals surface area (Å²) in [4.78, 5) is 22.9. The van der Waals surface area contributed by atoms with Crippen molar-refractivity contribution in [1.82, 2.24) is 0 Å². The number of carboxylic acids is 1. The van der Waals surface area contributed by atoms with Gasteiger partial charge in [-0.1, -0.05) is 12.5 Å². The molecule has 0 spiro atoms. The van der Waals surface area contributed by atoms with Crippen LogP contribution < -0.4 is 5.32 Å². The average Bonchev–Trinajstić information content (AvgIpc) is 2.41. The van der Waals surface area contributed by atoms with Crippen LogP contribution in [0.1, 0.15) is 29.6 Å². The Morgan fingerprint density at radius 3 is 2.74 bits per heavy atom. The Kier molecular flexibility index (Phi) is 4.31. The maximum absolute atomic E-state index is 12.0. The second kappa shape index (κ2) is 5.97. The first-order chi connectivity index (χ1) is 9.09. The molecular weight excluding hydrogens is 266 g/mol. The number of hydrogen-bond acceptors (Lipinski definition) is 4. The molecule has 0 saturated carbocycles. The van der Waals surface area contributed by atoms with Crippen molar-refractivity contribution in [1.29, 1.82) is 0 Å². The number of carbonyl (C=O) groups is 2. The molecule has 6 heteroatoms. The van der Waals surface area contributed by atoms with E-state index in [1.54, 1.807) is 11.8 Å². The minimum atomic E-state index is -1.22. The van der Waals surface area contributed by atoms with Crippen LogP contribution in [0.4, 0.5) is 5.69 Å². The van der Waals surface area contributed by atoms with Gasteiger partial charge in [0.1, 0.15) is 5.56 Å². The maximum Gasteiger partial charge on any atom is 0.339 e. The van der Waals surface area contributed by atoms with E-state index >= 15 is 0 Å². The second-order valence-corrected chi connectivity index (χ2v) is 5.66. The molecule has 1 atom stereocenters. The Hall–Kier alpha value is -1.69. The van der Waals surface area contributed by atoms with Crippen molar-refractivity contribution in [2.45, 2.75) is 24.5 Å². The Bertz CT molecular complexity index is 497. The molecule has 5 nitrogen and oxygen atoms in total. The van der Waals surface area contributed by atoms with Gasteiger partial charge in [-0.05, 0) is 30.7 Å². The number of carbonyl (C=O) groups excluding carboxylic acids is 1. The summed E-state index contributed by atoms with van der Waals surface area (Å²) in [5.74, 6) is -0.841. The first-order valence-electron chi connectivity index (χ1n) is 6.07. The third-order valence-electron chi connectivity index (χ3n) is 3.00. The molecule has 0 radical (unpaired) electrons. The van der Waals surface area contributed by atoms with Gasteiger partial charge in [0.05, 0.1) is 10.9 Å². The summed E-state index contributed by atoms with van der Waals surface area (Å²) in [6.45, 7) is 0. The third-order valence-corrected chi connectivity index (χ3v) is 4.37. The van der Waals surface area contributed by atoms with E-state index in [9.17, 15) is 14.7 Å². The lowest BCUT2D eigenvalue weighted by Gasteiger charge is -2.20. The highest BCUT2D eigenvalue weighted by Gasteiger charge is 2.23. The summed E-state index contributed by atoms with van der Waals surface area (Å²) in [5, 5.41) is 21.2. The number of aromatic hydroxyl groups is 1. The second-order valence-electron chi connectivity index (χ2n) is 4.35. The molecular formula is C13H15NO4S. The quantitative estimate of drug-likeness (QED) is 0.740. The molecule has 1 saturated heterocycles. The summed E-state index contributed by atoms with van der Waals surface area (Å²) >= 11 is 1.60. The number of thioether (sulfide) groups is 1. The molecule has 3 N–H and O–H groups in total. The van der Waals surface area contributed by atoms with E-state index in [4.69, 9.17) is 5.11 Å². The van der Waals surface area contributed by atoms with E-state index in [0.29, 0.717) is 0 Å². The van der Waals surface area contributed by atoms with E-state index in [-0.39, 0.29) is 22.4 Å². The summed E-state index contributed by atoms with van der Waals surface area (Å²) < 4.78 is 0. The molecule has 1 aliphatic rings. The minimum Gasteiger partial charge on any atom is -0.505 e. The van der Waals surface area contributed by atoms with Gasteiger partial charge in [-0.2, -0.15) is 0 Å². The number of para-hydroxylation sites is 1. The highest BCUT2D eigenvalue weighted by atomic mass is 32.2. The fourth-order valence-corrected chi connectivity index (χ4v) is 3.18. The molecule has 1 aliphatic heterocycles. The van der Waals surface area contributed by atoms with Crippen LogP contribution in [0.15, 0.2) is 18.2 Å². The normalized spacial score (nSPS) is 18.8. The smallest absolute Gasteiger partial charge is 0.339 e. The predicted molar refractivity (Wildman–Crippen MR) is 73.8 cm³/mol. The van der Waals surface area contributed by atoms with Gasteiger partial charge in [-0.3, -0.25) is 4.79 Å². The van der Waals surface area contributed by atoms with Gasteiger partial charge in [-0.25, -0.2) is 4.79 Å². The summed E-state index contributed by atoms with van der Waals surface area (Å²) in [6.07, 6.45) is 2.95. The molecule has 1 amide bonds. The Morgan fingerprint density at radius 1 is 1.32 bits per heavy atom. The van der Waals surface area contributed by atoms with Gasteiger partial charge in [0.2, 0.25) is 5.91 Å². The van der Waals surface area contributed by atoms with E-state index in [1.807, 2.05) is 0 Å². The molecule has 102 valence electrons. The summed E-state index contributed by atoms with van der Waals surface area (Å²) in [6, 6.07) is 4.28. The van der Waals surface area contributed by atoms with Gasteiger partial charge in [-0.15, -0.1) is 11.8 Å². The SMILES string of the molecule is O=C(O)c1cccc(NC(=O)C2CCCCS2)c1O. The third kappa shape index (κ3) is 3.20. The van der Waals surface area contributed by atoms with Crippen molar-refractivity contribution >= 4 is 29.3 Å². The van der Waals surface area contributed by atoms with Crippen LogP contribution in [0, 0.1) is 0 Å². The number of phenols is 1. The van der Waals surface area contributed by atoms with E-state index in [0.717, 1.165) is 25.0 Å². The van der Waals surface area contributed by atoms with Gasteiger partial charge in [0, 0.05) is 0 Å². The lowest BCUT2D eigenvalue weighted by atomic mass is 10.1. The maximum atomic E-state index is 12.0. The Morgan fingerprint density at radius 2 is 2.11 bits per heavy atom. The fraction of sp³-hybridized carbons (Fsp3) is 0.385. The lowest BCUT2D eigenvalue weighted by Crippen LogP contribution is -2.27. The predicted octanol–water partition coefficient (Wildman–Crippen LogP) is 2.31. The standard InChI is InChI=1S/C13H15NO4S/c15-11-8(13(17)18)4-3-5-9(11)14-12(16)10-6-1-2-7-19-10/h3-5,10,15H,1-2,6-7H2,(H,14,16)(H,17,18). The number of anilines is 1. The summed E-state index contributed by atoms with van der Waals surface area (Å²) in [5.41, 5.74) is -0.0647. The molecule has 1 heterocycles. The van der Waals surface area contributed by atoms with Crippen molar-refractivity contribution < 1.29 is 19.8 Å². The van der Waals surface area contributed by atoms with Crippen LogP contribution in [-0.2, 0) is 4.79 Å². The molecule has 2 rings (SSSR count). The van der Waals surface area contributed by atoms with Crippen LogP contribution in [0.2, 0.25) is 0 Å². The molecule has 0 bridgehead atoms. The molecule has 0 aliphatic carbocycles.